The third-order valence-electron chi connectivity index (χ3n) is 2.93. The zero-order valence-electron chi connectivity index (χ0n) is 6.25. The van der Waals surface area contributed by atoms with Gasteiger partial charge in [-0.1, -0.05) is 0 Å². The van der Waals surface area contributed by atoms with Crippen molar-refractivity contribution < 1.29 is 9.59 Å². The van der Waals surface area contributed by atoms with Crippen molar-refractivity contribution >= 4 is 11.7 Å². The van der Waals surface area contributed by atoms with Crippen LogP contribution in [0.5, 0.6) is 0 Å². The Bertz CT molecular complexity index is 224. The van der Waals surface area contributed by atoms with Crippen LogP contribution in [-0.4, -0.2) is 11.7 Å². The van der Waals surface area contributed by atoms with Gasteiger partial charge < -0.3 is 5.73 Å². The van der Waals surface area contributed by atoms with Crippen molar-refractivity contribution in [3.63, 3.8) is 0 Å². The van der Waals surface area contributed by atoms with Crippen LogP contribution in [0, 0.1) is 17.8 Å². The molecule has 3 nitrogen and oxygen atoms in total. The molecule has 0 aromatic rings. The summed E-state index contributed by atoms with van der Waals surface area (Å²) in [5.41, 5.74) is 5.16. The summed E-state index contributed by atoms with van der Waals surface area (Å²) in [6, 6.07) is 0. The minimum absolute atomic E-state index is 0.0162. The zero-order valence-corrected chi connectivity index (χ0v) is 6.25. The first-order valence-corrected chi connectivity index (χ1v) is 4.00. The Morgan fingerprint density at radius 1 is 1.45 bits per heavy atom. The van der Waals surface area contributed by atoms with Crippen LogP contribution in [0.3, 0.4) is 0 Å². The van der Waals surface area contributed by atoms with Gasteiger partial charge in [-0.2, -0.15) is 0 Å². The Kier molecular flexibility index (Phi) is 1.28. The highest BCUT2D eigenvalue weighted by atomic mass is 16.1. The van der Waals surface area contributed by atoms with Gasteiger partial charge in [0.05, 0.1) is 0 Å². The molecule has 11 heavy (non-hydrogen) atoms. The van der Waals surface area contributed by atoms with Crippen molar-refractivity contribution in [2.24, 2.45) is 23.5 Å². The van der Waals surface area contributed by atoms with Gasteiger partial charge in [-0.25, -0.2) is 0 Å². The highest BCUT2D eigenvalue weighted by Gasteiger charge is 2.47. The lowest BCUT2D eigenvalue weighted by atomic mass is 9.87. The van der Waals surface area contributed by atoms with E-state index in [1.54, 1.807) is 0 Å². The van der Waals surface area contributed by atoms with E-state index in [0.29, 0.717) is 12.3 Å². The maximum Gasteiger partial charge on any atom is 0.221 e. The number of amides is 1. The Balaban J connectivity index is 2.18. The highest BCUT2D eigenvalue weighted by molar-refractivity contribution is 5.91. The van der Waals surface area contributed by atoms with Crippen molar-refractivity contribution in [3.05, 3.63) is 0 Å². The van der Waals surface area contributed by atoms with Gasteiger partial charge in [0, 0.05) is 18.3 Å². The molecule has 0 saturated heterocycles. The molecule has 2 N–H and O–H groups in total. The van der Waals surface area contributed by atoms with Crippen LogP contribution < -0.4 is 5.73 Å². The summed E-state index contributed by atoms with van der Waals surface area (Å²) in [6.45, 7) is 0. The highest BCUT2D eigenvalue weighted by Crippen LogP contribution is 2.45. The summed E-state index contributed by atoms with van der Waals surface area (Å²) in [5.74, 6) is 0.277. The number of fused-ring (bicyclic) bond motifs is 2. The SMILES string of the molecule is NC(=O)[C@@H]1C[C@H]2CC(=O)[C@@H]1C2. The molecule has 60 valence electrons. The van der Waals surface area contributed by atoms with E-state index in [2.05, 4.69) is 0 Å². The van der Waals surface area contributed by atoms with E-state index in [1.807, 2.05) is 0 Å². The van der Waals surface area contributed by atoms with Gasteiger partial charge in [0.25, 0.3) is 0 Å². The molecular formula is C8H11NO2. The Morgan fingerprint density at radius 2 is 2.18 bits per heavy atom. The zero-order chi connectivity index (χ0) is 8.01. The number of rotatable bonds is 1. The van der Waals surface area contributed by atoms with Gasteiger partial charge in [0.2, 0.25) is 5.91 Å². The number of hydrogen-bond donors (Lipinski definition) is 1. The second-order valence-electron chi connectivity index (χ2n) is 3.62. The first kappa shape index (κ1) is 6.83. The van der Waals surface area contributed by atoms with Crippen LogP contribution in [-0.2, 0) is 9.59 Å². The molecule has 2 fully saturated rings. The fraction of sp³-hybridized carbons (Fsp3) is 0.750. The lowest BCUT2D eigenvalue weighted by molar-refractivity contribution is -0.131. The van der Waals surface area contributed by atoms with Crippen molar-refractivity contribution in [1.82, 2.24) is 0 Å². The third-order valence-corrected chi connectivity index (χ3v) is 2.93. The van der Waals surface area contributed by atoms with Crippen LogP contribution in [0.4, 0.5) is 0 Å². The fourth-order valence-electron chi connectivity index (χ4n) is 2.42. The van der Waals surface area contributed by atoms with Crippen molar-refractivity contribution in [2.45, 2.75) is 19.3 Å². The second-order valence-corrected chi connectivity index (χ2v) is 3.62. The second kappa shape index (κ2) is 2.06. The van der Waals surface area contributed by atoms with Gasteiger partial charge in [0.1, 0.15) is 5.78 Å². The van der Waals surface area contributed by atoms with E-state index in [4.69, 9.17) is 5.73 Å². The van der Waals surface area contributed by atoms with Gasteiger partial charge in [-0.3, -0.25) is 9.59 Å². The van der Waals surface area contributed by atoms with Crippen LogP contribution in [0.2, 0.25) is 0 Å². The van der Waals surface area contributed by atoms with Gasteiger partial charge >= 0.3 is 0 Å². The minimum Gasteiger partial charge on any atom is -0.369 e. The number of Topliss-reactive ketones (excluding diaryl/α,β-unsaturated/α-hetero) is 1. The molecule has 3 heteroatoms. The molecule has 0 spiro atoms. The van der Waals surface area contributed by atoms with E-state index < -0.39 is 0 Å². The molecule has 0 aliphatic heterocycles. The molecule has 1 amide bonds. The standard InChI is InChI=1S/C8H11NO2/c9-8(11)6-2-4-1-5(6)7(10)3-4/h4-6H,1-3H2,(H2,9,11)/t4-,5+,6+/m0/s1. The van der Waals surface area contributed by atoms with E-state index >= 15 is 0 Å². The fourth-order valence-corrected chi connectivity index (χ4v) is 2.42. The molecule has 0 radical (unpaired) electrons. The summed E-state index contributed by atoms with van der Waals surface area (Å²) in [4.78, 5) is 21.9. The normalized spacial score (nSPS) is 41.5. The van der Waals surface area contributed by atoms with E-state index in [1.165, 1.54) is 0 Å². The van der Waals surface area contributed by atoms with Crippen molar-refractivity contribution in [1.29, 1.82) is 0 Å². The monoisotopic (exact) mass is 153 g/mol. The summed E-state index contributed by atoms with van der Waals surface area (Å²) in [6.07, 6.45) is 2.45. The number of hydrogen-bond acceptors (Lipinski definition) is 2. The maximum absolute atomic E-state index is 11.1. The van der Waals surface area contributed by atoms with Crippen molar-refractivity contribution in [3.8, 4) is 0 Å². The first-order chi connectivity index (χ1) is 5.18. The van der Waals surface area contributed by atoms with Crippen LogP contribution in [0.1, 0.15) is 19.3 Å². The quantitative estimate of drug-likeness (QED) is 0.580. The van der Waals surface area contributed by atoms with Gasteiger partial charge in [-0.05, 0) is 18.8 Å². The number of carbonyl (C=O) groups excluding carboxylic acids is 2. The van der Waals surface area contributed by atoms with Crippen LogP contribution >= 0.6 is 0 Å². The number of ketones is 1. The smallest absolute Gasteiger partial charge is 0.221 e. The molecule has 0 unspecified atom stereocenters. The molecule has 2 rings (SSSR count). The Hall–Kier alpha value is -0.860. The Labute approximate surface area is 64.9 Å². The van der Waals surface area contributed by atoms with Crippen LogP contribution in [0.25, 0.3) is 0 Å². The predicted molar refractivity (Wildman–Crippen MR) is 38.5 cm³/mol. The summed E-state index contributed by atoms with van der Waals surface area (Å²) < 4.78 is 0. The summed E-state index contributed by atoms with van der Waals surface area (Å²) in [7, 11) is 0. The number of primary amides is 1. The van der Waals surface area contributed by atoms with E-state index in [9.17, 15) is 9.59 Å². The average molecular weight is 153 g/mol. The molecule has 2 bridgehead atoms. The largest absolute Gasteiger partial charge is 0.369 e. The molecule has 2 aliphatic carbocycles. The lowest BCUT2D eigenvalue weighted by Crippen LogP contribution is -2.31. The molecule has 0 aromatic carbocycles. The first-order valence-electron chi connectivity index (χ1n) is 4.00. The topological polar surface area (TPSA) is 60.2 Å². The molecule has 3 atom stereocenters. The van der Waals surface area contributed by atoms with Gasteiger partial charge in [0.15, 0.2) is 0 Å². The number of carbonyl (C=O) groups is 2. The molecule has 0 aromatic heterocycles. The molecular weight excluding hydrogens is 142 g/mol. The lowest BCUT2D eigenvalue weighted by Gasteiger charge is -2.16. The van der Waals surface area contributed by atoms with E-state index in [0.717, 1.165) is 12.8 Å². The summed E-state index contributed by atoms with van der Waals surface area (Å²) >= 11 is 0. The number of nitrogens with two attached hydrogens (primary N) is 1. The molecule has 2 aliphatic rings. The van der Waals surface area contributed by atoms with Crippen LogP contribution in [0.15, 0.2) is 0 Å². The Morgan fingerprint density at radius 3 is 2.55 bits per heavy atom. The third kappa shape index (κ3) is 0.870. The molecule has 0 heterocycles. The van der Waals surface area contributed by atoms with Gasteiger partial charge in [-0.15, -0.1) is 0 Å². The molecule has 2 saturated carbocycles. The van der Waals surface area contributed by atoms with Crippen molar-refractivity contribution in [2.75, 3.05) is 0 Å². The summed E-state index contributed by atoms with van der Waals surface area (Å²) in [5, 5.41) is 0. The minimum atomic E-state index is -0.287. The predicted octanol–water partition coefficient (Wildman–Crippen LogP) is 0.0869. The van der Waals surface area contributed by atoms with E-state index in [-0.39, 0.29) is 23.5 Å². The average Bonchev–Trinajstić information content (AvgIpc) is 2.43. The maximum atomic E-state index is 11.1.